The molecule has 0 aliphatic rings. The molecule has 0 unspecified atom stereocenters. The second-order valence-electron chi connectivity index (χ2n) is 4.40. The van der Waals surface area contributed by atoms with E-state index in [-0.39, 0.29) is 10.6 Å². The number of nitrogens with zero attached hydrogens (tertiary/aromatic N) is 2. The van der Waals surface area contributed by atoms with Gasteiger partial charge in [0.15, 0.2) is 9.84 Å². The fourth-order valence-corrected chi connectivity index (χ4v) is 2.85. The highest BCUT2D eigenvalue weighted by Crippen LogP contribution is 2.29. The minimum atomic E-state index is -3.37. The minimum Gasteiger partial charge on any atom is -0.506 e. The Morgan fingerprint density at radius 2 is 2.05 bits per heavy atom. The van der Waals surface area contributed by atoms with E-state index in [1.807, 2.05) is 0 Å². The van der Waals surface area contributed by atoms with Gasteiger partial charge in [-0.25, -0.2) is 13.4 Å². The van der Waals surface area contributed by atoms with E-state index in [4.69, 9.17) is 0 Å². The summed E-state index contributed by atoms with van der Waals surface area (Å²) >= 11 is 0. The van der Waals surface area contributed by atoms with E-state index in [9.17, 15) is 13.5 Å². The first-order chi connectivity index (χ1) is 9.47. The third-order valence-corrected chi connectivity index (χ3v) is 4.06. The molecule has 1 aromatic carbocycles. The van der Waals surface area contributed by atoms with Gasteiger partial charge in [-0.2, -0.15) is 0 Å². The number of sulfone groups is 1. The molecule has 6 nitrogen and oxygen atoms in total. The molecule has 0 atom stereocenters. The number of hydrogen-bond donors (Lipinski definition) is 2. The van der Waals surface area contributed by atoms with Gasteiger partial charge in [-0.15, -0.1) is 0 Å². The molecule has 0 amide bonds. The molecule has 2 heterocycles. The average molecular weight is 289 g/mol. The summed E-state index contributed by atoms with van der Waals surface area (Å²) in [6.45, 7) is 0. The lowest BCUT2D eigenvalue weighted by Gasteiger charge is -1.98. The van der Waals surface area contributed by atoms with Gasteiger partial charge in [0.2, 0.25) is 0 Å². The van der Waals surface area contributed by atoms with E-state index in [1.54, 1.807) is 18.2 Å². The molecular weight excluding hydrogens is 278 g/mol. The summed E-state index contributed by atoms with van der Waals surface area (Å²) in [6.07, 6.45) is 3.97. The van der Waals surface area contributed by atoms with Crippen molar-refractivity contribution < 1.29 is 13.5 Å². The predicted molar refractivity (Wildman–Crippen MR) is 74.1 cm³/mol. The molecule has 0 fully saturated rings. The zero-order chi connectivity index (χ0) is 14.3. The van der Waals surface area contributed by atoms with Crippen molar-refractivity contribution in [3.63, 3.8) is 0 Å². The van der Waals surface area contributed by atoms with Crippen LogP contribution in [-0.2, 0) is 9.84 Å². The van der Waals surface area contributed by atoms with Crippen LogP contribution in [0.2, 0.25) is 0 Å². The van der Waals surface area contributed by atoms with Crippen molar-refractivity contribution in [1.82, 2.24) is 15.0 Å². The standard InChI is InChI=1S/C13H11N3O3S/c1-20(18,19)11-4-2-3-9-12(11)16-13(15-9)8-5-6-14-7-10(8)17/h2-7,17H,1H3,(H,15,16). The molecule has 7 heteroatoms. The Labute approximate surface area is 115 Å². The number of aromatic hydroxyl groups is 1. The van der Waals surface area contributed by atoms with Crippen LogP contribution in [0.4, 0.5) is 0 Å². The maximum Gasteiger partial charge on any atom is 0.177 e. The van der Waals surface area contributed by atoms with E-state index in [0.717, 1.165) is 6.26 Å². The number of pyridine rings is 1. The predicted octanol–water partition coefficient (Wildman–Crippen LogP) is 1.73. The molecule has 0 spiro atoms. The zero-order valence-electron chi connectivity index (χ0n) is 10.5. The van der Waals surface area contributed by atoms with Crippen LogP contribution in [0.25, 0.3) is 22.4 Å². The first-order valence-electron chi connectivity index (χ1n) is 5.79. The van der Waals surface area contributed by atoms with Crippen LogP contribution in [0.1, 0.15) is 0 Å². The molecule has 0 bridgehead atoms. The Morgan fingerprint density at radius 1 is 1.25 bits per heavy atom. The summed E-state index contributed by atoms with van der Waals surface area (Å²) < 4.78 is 23.5. The van der Waals surface area contributed by atoms with Gasteiger partial charge in [0.05, 0.1) is 22.2 Å². The Kier molecular flexibility index (Phi) is 2.72. The van der Waals surface area contributed by atoms with E-state index >= 15 is 0 Å². The largest absolute Gasteiger partial charge is 0.506 e. The number of imidazole rings is 1. The normalized spacial score (nSPS) is 11.8. The number of hydrogen-bond acceptors (Lipinski definition) is 5. The van der Waals surface area contributed by atoms with Gasteiger partial charge in [-0.05, 0) is 18.2 Å². The van der Waals surface area contributed by atoms with Crippen LogP contribution in [0.3, 0.4) is 0 Å². The van der Waals surface area contributed by atoms with Crippen LogP contribution >= 0.6 is 0 Å². The molecule has 102 valence electrons. The van der Waals surface area contributed by atoms with Gasteiger partial charge < -0.3 is 10.1 Å². The van der Waals surface area contributed by atoms with Crippen molar-refractivity contribution in [2.24, 2.45) is 0 Å². The first kappa shape index (κ1) is 12.6. The molecule has 0 aliphatic heterocycles. The molecular formula is C13H11N3O3S. The molecule has 0 radical (unpaired) electrons. The SMILES string of the molecule is CS(=O)(=O)c1cccc2[nH]c(-c3ccncc3O)nc12. The van der Waals surface area contributed by atoms with Crippen LogP contribution in [-0.4, -0.2) is 34.7 Å². The Balaban J connectivity index is 2.30. The Hall–Kier alpha value is -2.41. The van der Waals surface area contributed by atoms with Gasteiger partial charge in [0.1, 0.15) is 17.1 Å². The Bertz CT molecular complexity index is 900. The average Bonchev–Trinajstić information content (AvgIpc) is 2.81. The maximum atomic E-state index is 11.7. The van der Waals surface area contributed by atoms with Crippen LogP contribution in [0.5, 0.6) is 5.75 Å². The minimum absolute atomic E-state index is 0.0209. The fourth-order valence-electron chi connectivity index (χ4n) is 2.02. The van der Waals surface area contributed by atoms with E-state index < -0.39 is 9.84 Å². The molecule has 0 aliphatic carbocycles. The number of fused-ring (bicyclic) bond motifs is 1. The molecule has 2 aromatic heterocycles. The van der Waals surface area contributed by atoms with Crippen molar-refractivity contribution >= 4 is 20.9 Å². The van der Waals surface area contributed by atoms with E-state index in [2.05, 4.69) is 15.0 Å². The smallest absolute Gasteiger partial charge is 0.177 e. The number of nitrogens with one attached hydrogen (secondary N) is 1. The number of H-pyrrole nitrogens is 1. The number of benzene rings is 1. The van der Waals surface area contributed by atoms with Crippen molar-refractivity contribution in [2.45, 2.75) is 4.90 Å². The van der Waals surface area contributed by atoms with Crippen LogP contribution in [0.15, 0.2) is 41.6 Å². The van der Waals surface area contributed by atoms with E-state index in [0.29, 0.717) is 22.4 Å². The first-order valence-corrected chi connectivity index (χ1v) is 7.68. The molecule has 3 aromatic rings. The van der Waals surface area contributed by atoms with Gasteiger partial charge in [0.25, 0.3) is 0 Å². The molecule has 2 N–H and O–H groups in total. The third kappa shape index (κ3) is 2.01. The summed E-state index contributed by atoms with van der Waals surface area (Å²) in [7, 11) is -3.37. The lowest BCUT2D eigenvalue weighted by molar-refractivity contribution is 0.474. The topological polar surface area (TPSA) is 95.9 Å². The van der Waals surface area contributed by atoms with Gasteiger partial charge in [0, 0.05) is 12.5 Å². The van der Waals surface area contributed by atoms with Crippen molar-refractivity contribution in [3.8, 4) is 17.1 Å². The highest BCUT2D eigenvalue weighted by molar-refractivity contribution is 7.91. The lowest BCUT2D eigenvalue weighted by Crippen LogP contribution is -1.97. The third-order valence-electron chi connectivity index (χ3n) is 2.93. The summed E-state index contributed by atoms with van der Waals surface area (Å²) in [5.74, 6) is 0.378. The molecule has 3 rings (SSSR count). The fraction of sp³-hybridized carbons (Fsp3) is 0.0769. The van der Waals surface area contributed by atoms with Gasteiger partial charge in [-0.3, -0.25) is 4.98 Å². The summed E-state index contributed by atoms with van der Waals surface area (Å²) in [6, 6.07) is 6.49. The monoisotopic (exact) mass is 289 g/mol. The van der Waals surface area contributed by atoms with Gasteiger partial charge in [-0.1, -0.05) is 6.07 Å². The van der Waals surface area contributed by atoms with E-state index in [1.165, 1.54) is 18.5 Å². The Morgan fingerprint density at radius 3 is 2.75 bits per heavy atom. The van der Waals surface area contributed by atoms with Crippen LogP contribution in [0, 0.1) is 0 Å². The highest BCUT2D eigenvalue weighted by Gasteiger charge is 2.16. The number of aromatic amines is 1. The lowest BCUT2D eigenvalue weighted by atomic mass is 10.2. The summed E-state index contributed by atoms with van der Waals surface area (Å²) in [5, 5.41) is 9.78. The quantitative estimate of drug-likeness (QED) is 0.749. The van der Waals surface area contributed by atoms with Gasteiger partial charge >= 0.3 is 0 Å². The summed E-state index contributed by atoms with van der Waals surface area (Å²) in [5.41, 5.74) is 1.43. The second kappa shape index (κ2) is 4.31. The molecule has 20 heavy (non-hydrogen) atoms. The number of aromatic nitrogens is 3. The molecule has 0 saturated carbocycles. The van der Waals surface area contributed by atoms with Crippen molar-refractivity contribution in [3.05, 3.63) is 36.7 Å². The molecule has 0 saturated heterocycles. The van der Waals surface area contributed by atoms with Crippen LogP contribution < -0.4 is 0 Å². The maximum absolute atomic E-state index is 11.7. The summed E-state index contributed by atoms with van der Waals surface area (Å²) in [4.78, 5) is 11.2. The van der Waals surface area contributed by atoms with Crippen molar-refractivity contribution in [2.75, 3.05) is 6.26 Å². The van der Waals surface area contributed by atoms with Crippen molar-refractivity contribution in [1.29, 1.82) is 0 Å². The zero-order valence-corrected chi connectivity index (χ0v) is 11.3. The highest BCUT2D eigenvalue weighted by atomic mass is 32.2. The number of rotatable bonds is 2. The number of para-hydroxylation sites is 1. The second-order valence-corrected chi connectivity index (χ2v) is 6.39.